The average Bonchev–Trinajstić information content (AvgIpc) is 2.85. The van der Waals surface area contributed by atoms with E-state index in [1.807, 2.05) is 11.3 Å². The highest BCUT2D eigenvalue weighted by molar-refractivity contribution is 7.11. The molecule has 1 aromatic heterocycles. The first-order valence-corrected chi connectivity index (χ1v) is 8.48. The summed E-state index contributed by atoms with van der Waals surface area (Å²) < 4.78 is 0. The van der Waals surface area contributed by atoms with Gasteiger partial charge >= 0.3 is 0 Å². The van der Waals surface area contributed by atoms with Crippen molar-refractivity contribution in [3.8, 4) is 0 Å². The van der Waals surface area contributed by atoms with Crippen LogP contribution in [0.25, 0.3) is 0 Å². The van der Waals surface area contributed by atoms with Crippen LogP contribution in [0.5, 0.6) is 0 Å². The van der Waals surface area contributed by atoms with Gasteiger partial charge in [0, 0.05) is 17.9 Å². The third-order valence-corrected chi connectivity index (χ3v) is 5.35. The number of nitrogens with one attached hydrogen (secondary N) is 1. The molecule has 1 saturated carbocycles. The fraction of sp³-hybridized carbons (Fsp3) is 0.867. The zero-order valence-electron chi connectivity index (χ0n) is 12.5. The molecule has 1 aliphatic rings. The monoisotopic (exact) mass is 281 g/mol. The van der Waals surface area contributed by atoms with Crippen LogP contribution in [0.1, 0.15) is 69.3 Å². The average molecular weight is 281 g/mol. The van der Waals surface area contributed by atoms with Gasteiger partial charge in [-0.05, 0) is 25.8 Å². The van der Waals surface area contributed by atoms with E-state index in [4.69, 9.17) is 0 Å². The van der Waals surface area contributed by atoms with Gasteiger partial charge in [0.1, 0.15) is 10.0 Å². The van der Waals surface area contributed by atoms with E-state index in [-0.39, 0.29) is 0 Å². The van der Waals surface area contributed by atoms with Crippen molar-refractivity contribution >= 4 is 11.3 Å². The smallest absolute Gasteiger partial charge is 0.123 e. The molecule has 4 heteroatoms. The van der Waals surface area contributed by atoms with Crippen LogP contribution in [0.4, 0.5) is 0 Å². The topological polar surface area (TPSA) is 37.8 Å². The molecule has 0 atom stereocenters. The quantitative estimate of drug-likeness (QED) is 0.808. The summed E-state index contributed by atoms with van der Waals surface area (Å²) in [6, 6.07) is 0.575. The van der Waals surface area contributed by atoms with Gasteiger partial charge in [0.05, 0.1) is 0 Å². The predicted octanol–water partition coefficient (Wildman–Crippen LogP) is 3.69. The van der Waals surface area contributed by atoms with Crippen molar-refractivity contribution < 1.29 is 0 Å². The summed E-state index contributed by atoms with van der Waals surface area (Å²) in [4.78, 5) is 0. The molecule has 1 aliphatic carbocycles. The molecular weight excluding hydrogens is 254 g/mol. The summed E-state index contributed by atoms with van der Waals surface area (Å²) in [5.41, 5.74) is 0.310. The lowest BCUT2D eigenvalue weighted by molar-refractivity contribution is 0.317. The molecule has 1 N–H and O–H groups in total. The Labute approximate surface area is 121 Å². The first-order chi connectivity index (χ1) is 9.10. The Balaban J connectivity index is 1.84. The van der Waals surface area contributed by atoms with Crippen molar-refractivity contribution in [2.24, 2.45) is 0 Å². The summed E-state index contributed by atoms with van der Waals surface area (Å²) in [6.07, 6.45) is 8.89. The van der Waals surface area contributed by atoms with Crippen LogP contribution in [0.3, 0.4) is 0 Å². The number of aryl methyl sites for hydroxylation is 1. The third kappa shape index (κ3) is 4.25. The molecule has 108 valence electrons. The molecule has 0 aromatic carbocycles. The van der Waals surface area contributed by atoms with Crippen molar-refractivity contribution in [1.82, 2.24) is 15.5 Å². The Morgan fingerprint density at radius 2 is 1.95 bits per heavy atom. The molecule has 1 aromatic rings. The van der Waals surface area contributed by atoms with E-state index in [1.165, 1.54) is 42.1 Å². The molecule has 0 saturated heterocycles. The van der Waals surface area contributed by atoms with E-state index in [0.29, 0.717) is 11.5 Å². The lowest BCUT2D eigenvalue weighted by Gasteiger charge is -2.30. The highest BCUT2D eigenvalue weighted by atomic mass is 32.1. The maximum Gasteiger partial charge on any atom is 0.123 e. The van der Waals surface area contributed by atoms with Crippen LogP contribution < -0.4 is 5.32 Å². The Morgan fingerprint density at radius 1 is 1.21 bits per heavy atom. The molecule has 0 unspecified atom stereocenters. The van der Waals surface area contributed by atoms with Gasteiger partial charge in [0.25, 0.3) is 0 Å². The molecule has 0 bridgehead atoms. The van der Waals surface area contributed by atoms with Crippen molar-refractivity contribution in [1.29, 1.82) is 0 Å². The van der Waals surface area contributed by atoms with Crippen LogP contribution in [-0.4, -0.2) is 22.8 Å². The van der Waals surface area contributed by atoms with Crippen molar-refractivity contribution in [2.75, 3.05) is 6.54 Å². The summed E-state index contributed by atoms with van der Waals surface area (Å²) in [6.45, 7) is 7.82. The van der Waals surface area contributed by atoms with Gasteiger partial charge in [-0.2, -0.15) is 0 Å². The minimum atomic E-state index is 0.310. The molecule has 0 spiro atoms. The van der Waals surface area contributed by atoms with Crippen LogP contribution in [0, 0.1) is 0 Å². The van der Waals surface area contributed by atoms with E-state index in [9.17, 15) is 0 Å². The standard InChI is InChI=1S/C15H27N3S/c1-12(2)16-11-7-8-13-17-18-14(19-13)15(3)9-5-4-6-10-15/h12,16H,4-11H2,1-3H3. The molecule has 2 rings (SSSR count). The number of hydrogen-bond acceptors (Lipinski definition) is 4. The second kappa shape index (κ2) is 6.80. The highest BCUT2D eigenvalue weighted by Gasteiger charge is 2.32. The molecule has 1 heterocycles. The minimum Gasteiger partial charge on any atom is -0.315 e. The Morgan fingerprint density at radius 3 is 2.63 bits per heavy atom. The normalized spacial score (nSPS) is 18.9. The molecule has 1 fully saturated rings. The number of hydrogen-bond donors (Lipinski definition) is 1. The first kappa shape index (κ1) is 14.9. The Hall–Kier alpha value is -0.480. The van der Waals surface area contributed by atoms with Crippen LogP contribution in [0.2, 0.25) is 0 Å². The second-order valence-electron chi connectivity index (χ2n) is 6.33. The third-order valence-electron chi connectivity index (χ3n) is 4.06. The first-order valence-electron chi connectivity index (χ1n) is 7.66. The molecule has 0 aliphatic heterocycles. The summed E-state index contributed by atoms with van der Waals surface area (Å²) in [7, 11) is 0. The lowest BCUT2D eigenvalue weighted by atomic mass is 9.76. The van der Waals surface area contributed by atoms with Crippen LogP contribution in [-0.2, 0) is 11.8 Å². The fourth-order valence-electron chi connectivity index (χ4n) is 2.77. The van der Waals surface area contributed by atoms with E-state index in [1.54, 1.807) is 0 Å². The van der Waals surface area contributed by atoms with Gasteiger partial charge < -0.3 is 5.32 Å². The molecule has 0 radical (unpaired) electrons. The highest BCUT2D eigenvalue weighted by Crippen LogP contribution is 2.40. The fourth-order valence-corrected chi connectivity index (χ4v) is 3.86. The molecule has 19 heavy (non-hydrogen) atoms. The number of rotatable bonds is 6. The van der Waals surface area contributed by atoms with Crippen molar-refractivity contribution in [3.05, 3.63) is 10.0 Å². The van der Waals surface area contributed by atoms with Crippen LogP contribution in [0.15, 0.2) is 0 Å². The lowest BCUT2D eigenvalue weighted by Crippen LogP contribution is -2.24. The van der Waals surface area contributed by atoms with Gasteiger partial charge in [0.2, 0.25) is 0 Å². The maximum absolute atomic E-state index is 4.47. The van der Waals surface area contributed by atoms with Crippen LogP contribution >= 0.6 is 11.3 Å². The van der Waals surface area contributed by atoms with Gasteiger partial charge in [0.15, 0.2) is 0 Å². The summed E-state index contributed by atoms with van der Waals surface area (Å²) >= 11 is 1.85. The van der Waals surface area contributed by atoms with Crippen molar-refractivity contribution in [2.45, 2.75) is 77.2 Å². The largest absolute Gasteiger partial charge is 0.315 e. The summed E-state index contributed by atoms with van der Waals surface area (Å²) in [5, 5.41) is 14.8. The van der Waals surface area contributed by atoms with E-state index in [0.717, 1.165) is 19.4 Å². The van der Waals surface area contributed by atoms with Gasteiger partial charge in [-0.1, -0.05) is 40.0 Å². The molecule has 3 nitrogen and oxygen atoms in total. The zero-order chi connectivity index (χ0) is 13.7. The second-order valence-corrected chi connectivity index (χ2v) is 7.40. The number of nitrogens with zero attached hydrogens (tertiary/aromatic N) is 2. The molecule has 0 amide bonds. The summed E-state index contributed by atoms with van der Waals surface area (Å²) in [5.74, 6) is 0. The maximum atomic E-state index is 4.47. The van der Waals surface area contributed by atoms with E-state index >= 15 is 0 Å². The Bertz CT molecular complexity index is 380. The van der Waals surface area contributed by atoms with Gasteiger partial charge in [-0.25, -0.2) is 0 Å². The SMILES string of the molecule is CC(C)NCCCc1nnc(C2(C)CCCCC2)s1. The van der Waals surface area contributed by atoms with E-state index in [2.05, 4.69) is 36.3 Å². The zero-order valence-corrected chi connectivity index (χ0v) is 13.4. The Kier molecular flexibility index (Phi) is 5.34. The predicted molar refractivity (Wildman–Crippen MR) is 81.8 cm³/mol. The van der Waals surface area contributed by atoms with Gasteiger partial charge in [-0.3, -0.25) is 0 Å². The number of aromatic nitrogens is 2. The van der Waals surface area contributed by atoms with E-state index < -0.39 is 0 Å². The van der Waals surface area contributed by atoms with Gasteiger partial charge in [-0.15, -0.1) is 21.5 Å². The molecular formula is C15H27N3S. The van der Waals surface area contributed by atoms with Crippen molar-refractivity contribution in [3.63, 3.8) is 0 Å². The minimum absolute atomic E-state index is 0.310.